The van der Waals surface area contributed by atoms with Crippen molar-refractivity contribution in [3.05, 3.63) is 64.3 Å². The molecule has 3 aromatic rings. The van der Waals surface area contributed by atoms with Gasteiger partial charge in [0.15, 0.2) is 0 Å². The van der Waals surface area contributed by atoms with Crippen LogP contribution in [-0.4, -0.2) is 27.7 Å². The minimum atomic E-state index is -4.34. The molecule has 0 saturated carbocycles. The fourth-order valence-electron chi connectivity index (χ4n) is 2.46. The lowest BCUT2D eigenvalue weighted by Gasteiger charge is -2.11. The van der Waals surface area contributed by atoms with Crippen molar-refractivity contribution >= 4 is 39.9 Å². The number of carbonyl (C=O) groups is 1. The molecule has 0 bridgehead atoms. The number of nitrogens with zero attached hydrogens (tertiary/aromatic N) is 1. The molecule has 140 valence electrons. The van der Waals surface area contributed by atoms with E-state index in [4.69, 9.17) is 0 Å². The zero-order valence-electron chi connectivity index (χ0n) is 13.5. The molecule has 0 spiro atoms. The summed E-state index contributed by atoms with van der Waals surface area (Å²) in [6.45, 7) is 0. The number of thioether (sulfide) groups is 1. The topological polar surface area (TPSA) is 88.0 Å². The van der Waals surface area contributed by atoms with E-state index in [9.17, 15) is 28.1 Å². The minimum absolute atomic E-state index is 0.157. The molecule has 2 aromatic carbocycles. The summed E-state index contributed by atoms with van der Waals surface area (Å²) in [5, 5.41) is 13.9. The van der Waals surface area contributed by atoms with E-state index >= 15 is 0 Å². The summed E-state index contributed by atoms with van der Waals surface area (Å²) in [5.74, 6) is -1.67. The lowest BCUT2D eigenvalue weighted by molar-refractivity contribution is -0.384. The molecule has 10 heteroatoms. The van der Waals surface area contributed by atoms with Crippen LogP contribution in [0.4, 0.5) is 24.5 Å². The number of anilines is 1. The van der Waals surface area contributed by atoms with E-state index in [0.717, 1.165) is 0 Å². The van der Waals surface area contributed by atoms with Crippen molar-refractivity contribution in [3.63, 3.8) is 0 Å². The quantitative estimate of drug-likeness (QED) is 0.362. The molecule has 0 atom stereocenters. The van der Waals surface area contributed by atoms with Gasteiger partial charge in [0.05, 0.1) is 21.9 Å². The van der Waals surface area contributed by atoms with Gasteiger partial charge in [-0.3, -0.25) is 14.9 Å². The Hall–Kier alpha value is -3.01. The Balaban J connectivity index is 1.87. The van der Waals surface area contributed by atoms with Gasteiger partial charge in [-0.05, 0) is 18.2 Å². The van der Waals surface area contributed by atoms with E-state index in [1.807, 2.05) is 0 Å². The number of hydrogen-bond donors (Lipinski definition) is 2. The average Bonchev–Trinajstić information content (AvgIpc) is 3.03. The summed E-state index contributed by atoms with van der Waals surface area (Å²) in [5.41, 5.74) is 0.753. The van der Waals surface area contributed by atoms with Gasteiger partial charge in [0.2, 0.25) is 0 Å². The molecule has 27 heavy (non-hydrogen) atoms. The minimum Gasteiger partial charge on any atom is -0.360 e. The number of benzene rings is 2. The zero-order chi connectivity index (χ0) is 19.6. The largest absolute Gasteiger partial charge is 0.398 e. The number of fused-ring (bicyclic) bond motifs is 1. The van der Waals surface area contributed by atoms with Crippen molar-refractivity contribution in [1.29, 1.82) is 0 Å². The number of para-hydroxylation sites is 1. The van der Waals surface area contributed by atoms with Gasteiger partial charge >= 0.3 is 6.18 Å². The monoisotopic (exact) mass is 395 g/mol. The summed E-state index contributed by atoms with van der Waals surface area (Å²) in [4.78, 5) is 26.1. The number of carbonyl (C=O) groups excluding carboxylic acids is 1. The number of halogens is 3. The number of hydrogen-bond acceptors (Lipinski definition) is 4. The van der Waals surface area contributed by atoms with E-state index in [2.05, 4.69) is 10.3 Å². The number of nitro benzene ring substituents is 1. The Bertz CT molecular complexity index is 1020. The van der Waals surface area contributed by atoms with Crippen molar-refractivity contribution in [3.8, 4) is 0 Å². The van der Waals surface area contributed by atoms with E-state index in [-0.39, 0.29) is 21.8 Å². The predicted octanol–water partition coefficient (Wildman–Crippen LogP) is 4.98. The fraction of sp³-hybridized carbons (Fsp3) is 0.118. The Morgan fingerprint density at radius 2 is 1.96 bits per heavy atom. The maximum atomic E-state index is 12.6. The number of amides is 1. The van der Waals surface area contributed by atoms with Crippen LogP contribution in [0.2, 0.25) is 0 Å². The first-order valence-electron chi connectivity index (χ1n) is 7.60. The molecule has 1 amide bonds. The standard InChI is InChI=1S/C17H12F3N3O3S/c18-17(19,20)9-27-15-4-2-1-3-14(15)22-16(24)12-8-21-13-6-5-10(23(25)26)7-11(12)13/h1-8,21H,9H2,(H,22,24). The Labute approximate surface area is 154 Å². The van der Waals surface area contributed by atoms with Gasteiger partial charge in [-0.15, -0.1) is 11.8 Å². The van der Waals surface area contributed by atoms with Gasteiger partial charge in [0.25, 0.3) is 11.6 Å². The van der Waals surface area contributed by atoms with Crippen LogP contribution in [0.1, 0.15) is 10.4 Å². The van der Waals surface area contributed by atoms with Crippen molar-refractivity contribution in [1.82, 2.24) is 4.98 Å². The maximum absolute atomic E-state index is 12.6. The third kappa shape index (κ3) is 4.40. The third-order valence-electron chi connectivity index (χ3n) is 3.65. The molecule has 1 aromatic heterocycles. The molecule has 6 nitrogen and oxygen atoms in total. The number of nitrogens with one attached hydrogen (secondary N) is 2. The second-order valence-electron chi connectivity index (χ2n) is 5.54. The normalized spacial score (nSPS) is 11.5. The summed E-state index contributed by atoms with van der Waals surface area (Å²) in [7, 11) is 0. The molecule has 1 heterocycles. The molecular formula is C17H12F3N3O3S. The predicted molar refractivity (Wildman–Crippen MR) is 96.1 cm³/mol. The van der Waals surface area contributed by atoms with Crippen LogP contribution in [0.3, 0.4) is 0 Å². The Kier molecular flexibility index (Phi) is 5.08. The summed E-state index contributed by atoms with van der Waals surface area (Å²) in [6, 6.07) is 10.2. The number of aromatic amines is 1. The molecule has 0 aliphatic carbocycles. The Morgan fingerprint density at radius 1 is 1.22 bits per heavy atom. The molecule has 2 N–H and O–H groups in total. The highest BCUT2D eigenvalue weighted by Gasteiger charge is 2.28. The van der Waals surface area contributed by atoms with Crippen molar-refractivity contribution in [2.24, 2.45) is 0 Å². The van der Waals surface area contributed by atoms with Crippen LogP contribution >= 0.6 is 11.8 Å². The van der Waals surface area contributed by atoms with Crippen LogP contribution in [0.25, 0.3) is 10.9 Å². The summed E-state index contributed by atoms with van der Waals surface area (Å²) >= 11 is 0.566. The highest BCUT2D eigenvalue weighted by Crippen LogP contribution is 2.33. The molecule has 0 aliphatic rings. The van der Waals surface area contributed by atoms with Gasteiger partial charge in [0.1, 0.15) is 0 Å². The number of aromatic nitrogens is 1. The second-order valence-corrected chi connectivity index (χ2v) is 6.56. The second kappa shape index (κ2) is 7.31. The van der Waals surface area contributed by atoms with Gasteiger partial charge in [0, 0.05) is 34.1 Å². The lowest BCUT2D eigenvalue weighted by atomic mass is 10.1. The molecule has 0 unspecified atom stereocenters. The van der Waals surface area contributed by atoms with E-state index in [1.165, 1.54) is 36.5 Å². The first kappa shape index (κ1) is 18.8. The van der Waals surface area contributed by atoms with Gasteiger partial charge in [-0.2, -0.15) is 13.2 Å². The smallest absolute Gasteiger partial charge is 0.360 e. The first-order chi connectivity index (χ1) is 12.7. The molecular weight excluding hydrogens is 383 g/mol. The molecule has 0 fully saturated rings. The summed E-state index contributed by atoms with van der Waals surface area (Å²) < 4.78 is 37.4. The highest BCUT2D eigenvalue weighted by atomic mass is 32.2. The lowest BCUT2D eigenvalue weighted by Crippen LogP contribution is -2.13. The van der Waals surface area contributed by atoms with Crippen molar-refractivity contribution < 1.29 is 22.9 Å². The maximum Gasteiger partial charge on any atom is 0.398 e. The molecule has 0 aliphatic heterocycles. The highest BCUT2D eigenvalue weighted by molar-refractivity contribution is 7.99. The van der Waals surface area contributed by atoms with Crippen LogP contribution in [0.5, 0.6) is 0 Å². The number of non-ortho nitro benzene ring substituents is 1. The first-order valence-corrected chi connectivity index (χ1v) is 8.58. The van der Waals surface area contributed by atoms with Crippen LogP contribution in [0.15, 0.2) is 53.6 Å². The van der Waals surface area contributed by atoms with Gasteiger partial charge in [-0.25, -0.2) is 0 Å². The van der Waals surface area contributed by atoms with Crippen LogP contribution in [0, 0.1) is 10.1 Å². The van der Waals surface area contributed by atoms with E-state index < -0.39 is 22.8 Å². The SMILES string of the molecule is O=C(Nc1ccccc1SCC(F)(F)F)c1c[nH]c2ccc([N+](=O)[O-])cc12. The van der Waals surface area contributed by atoms with Gasteiger partial charge in [-0.1, -0.05) is 12.1 Å². The average molecular weight is 395 g/mol. The van der Waals surface area contributed by atoms with Gasteiger partial charge < -0.3 is 10.3 Å². The third-order valence-corrected chi connectivity index (χ3v) is 4.79. The van der Waals surface area contributed by atoms with E-state index in [1.54, 1.807) is 12.1 Å². The number of rotatable bonds is 5. The molecule has 0 saturated heterocycles. The molecule has 0 radical (unpaired) electrons. The molecule has 3 rings (SSSR count). The fourth-order valence-corrected chi connectivity index (χ4v) is 3.22. The van der Waals surface area contributed by atoms with Crippen LogP contribution < -0.4 is 5.32 Å². The number of nitro groups is 1. The van der Waals surface area contributed by atoms with Crippen molar-refractivity contribution in [2.45, 2.75) is 11.1 Å². The number of alkyl halides is 3. The Morgan fingerprint density at radius 3 is 2.67 bits per heavy atom. The van der Waals surface area contributed by atoms with E-state index in [0.29, 0.717) is 22.7 Å². The number of H-pyrrole nitrogens is 1. The summed E-state index contributed by atoms with van der Waals surface area (Å²) in [6.07, 6.45) is -2.94. The zero-order valence-corrected chi connectivity index (χ0v) is 14.4. The van der Waals surface area contributed by atoms with Crippen molar-refractivity contribution in [2.75, 3.05) is 11.1 Å². The van der Waals surface area contributed by atoms with Crippen LogP contribution in [-0.2, 0) is 0 Å².